The summed E-state index contributed by atoms with van der Waals surface area (Å²) in [6.07, 6.45) is 1.74. The number of para-hydroxylation sites is 2. The van der Waals surface area contributed by atoms with Crippen LogP contribution < -0.4 is 16.3 Å². The third-order valence-electron chi connectivity index (χ3n) is 9.77. The monoisotopic (exact) mass is 648 g/mol. The third kappa shape index (κ3) is 3.94. The average molecular weight is 649 g/mol. The predicted molar refractivity (Wildman–Crippen MR) is 172 cm³/mol. The second-order valence-electron chi connectivity index (χ2n) is 12.0. The molecule has 4 aromatic carbocycles. The summed E-state index contributed by atoms with van der Waals surface area (Å²) >= 11 is 6.32. The van der Waals surface area contributed by atoms with Crippen LogP contribution in [-0.2, 0) is 21.5 Å². The molecular formula is C36H26ClFN4O5. The van der Waals surface area contributed by atoms with Gasteiger partial charge in [-0.3, -0.25) is 9.59 Å². The molecule has 1 N–H and O–H groups in total. The van der Waals surface area contributed by atoms with Crippen LogP contribution in [0.1, 0.15) is 29.5 Å². The molecule has 2 amide bonds. The molecule has 2 fully saturated rings. The Hall–Kier alpha value is -5.48. The number of amides is 2. The number of carbonyl (C=O) groups excluding carboxylic acids is 2. The first kappa shape index (κ1) is 29.0. The van der Waals surface area contributed by atoms with E-state index in [0.717, 1.165) is 15.5 Å². The zero-order valence-electron chi connectivity index (χ0n) is 24.7. The minimum Gasteiger partial charge on any atom is -0.505 e. The number of benzene rings is 4. The maximum absolute atomic E-state index is 15.2. The highest BCUT2D eigenvalue weighted by Gasteiger charge is 2.69. The van der Waals surface area contributed by atoms with Gasteiger partial charge < -0.3 is 5.11 Å². The van der Waals surface area contributed by atoms with Crippen molar-refractivity contribution in [2.24, 2.45) is 5.92 Å². The second-order valence-corrected chi connectivity index (χ2v) is 12.4. The van der Waals surface area contributed by atoms with Crippen molar-refractivity contribution >= 4 is 29.1 Å². The van der Waals surface area contributed by atoms with Gasteiger partial charge in [0.25, 0.3) is 0 Å². The number of aromatic hydroxyl groups is 1. The molecule has 1 aromatic heterocycles. The Bertz CT molecular complexity index is 2260. The highest BCUT2D eigenvalue weighted by molar-refractivity contribution is 6.32. The molecule has 5 aromatic rings. The summed E-state index contributed by atoms with van der Waals surface area (Å²) in [4.78, 5) is 58.8. The van der Waals surface area contributed by atoms with Crippen LogP contribution >= 0.6 is 11.6 Å². The van der Waals surface area contributed by atoms with Crippen molar-refractivity contribution in [1.82, 2.24) is 13.9 Å². The molecule has 1 aliphatic carbocycles. The molecule has 11 heteroatoms. The Balaban J connectivity index is 1.43. The summed E-state index contributed by atoms with van der Waals surface area (Å²) < 4.78 is 18.9. The van der Waals surface area contributed by atoms with E-state index in [0.29, 0.717) is 21.8 Å². The van der Waals surface area contributed by atoms with Crippen molar-refractivity contribution in [1.29, 1.82) is 0 Å². The van der Waals surface area contributed by atoms with Crippen molar-refractivity contribution in [2.45, 2.75) is 30.3 Å². The summed E-state index contributed by atoms with van der Waals surface area (Å²) in [5.41, 5.74) is -1.07. The number of nitrogens with zero attached hydrogens (tertiary/aromatic N) is 4. The number of anilines is 1. The SMILES string of the molecule is O=C1[C@@H]2C[C@@H]3C(=CCn4c(=O)n(-c5ccccc5)c(=O)n43)[C@H](c3cccc(F)c3O)[C@]2(c2ccccc2)C(=O)N1c1cccc(Cl)c1. The van der Waals surface area contributed by atoms with E-state index < -0.39 is 58.1 Å². The summed E-state index contributed by atoms with van der Waals surface area (Å²) in [5.74, 6) is -4.83. The lowest BCUT2D eigenvalue weighted by molar-refractivity contribution is -0.124. The van der Waals surface area contributed by atoms with Crippen LogP contribution in [0.25, 0.3) is 5.69 Å². The summed E-state index contributed by atoms with van der Waals surface area (Å²) in [6.45, 7) is -0.0258. The second kappa shape index (κ2) is 10.5. The Morgan fingerprint density at radius 3 is 2.21 bits per heavy atom. The van der Waals surface area contributed by atoms with Crippen molar-refractivity contribution in [3.8, 4) is 11.4 Å². The molecule has 0 bridgehead atoms. The van der Waals surface area contributed by atoms with Gasteiger partial charge >= 0.3 is 11.4 Å². The van der Waals surface area contributed by atoms with Crippen LogP contribution in [0.15, 0.2) is 124 Å². The summed E-state index contributed by atoms with van der Waals surface area (Å²) in [5, 5.41) is 11.6. The quantitative estimate of drug-likeness (QED) is 0.216. The highest BCUT2D eigenvalue weighted by Crippen LogP contribution is 2.63. The van der Waals surface area contributed by atoms with Crippen LogP contribution in [-0.4, -0.2) is 30.9 Å². The largest absolute Gasteiger partial charge is 0.505 e. The number of phenolic OH excluding ortho intramolecular Hbond substituents is 1. The van der Waals surface area contributed by atoms with Crippen LogP contribution in [0.5, 0.6) is 5.75 Å². The van der Waals surface area contributed by atoms with Crippen LogP contribution in [0.3, 0.4) is 0 Å². The smallest absolute Gasteiger partial charge is 0.352 e. The van der Waals surface area contributed by atoms with E-state index in [-0.39, 0.29) is 24.2 Å². The average Bonchev–Trinajstić information content (AvgIpc) is 3.47. The zero-order chi connectivity index (χ0) is 32.6. The van der Waals surface area contributed by atoms with Crippen molar-refractivity contribution in [2.75, 3.05) is 4.90 Å². The van der Waals surface area contributed by atoms with Gasteiger partial charge in [-0.15, -0.1) is 0 Å². The van der Waals surface area contributed by atoms with E-state index >= 15 is 9.18 Å². The fraction of sp³-hybridized carbons (Fsp3) is 0.167. The standard InChI is InChI=1S/C36H26ClFN4O5/c37-22-11-7-14-24(19-22)40-32(44)27-20-29-25(17-18-39-34(46)41(35(47)42(29)39)23-12-5-2-6-13-23)30(26-15-8-16-28(38)31(26)43)36(27,33(40)45)21-9-3-1-4-10-21/h1-17,19,27,29-30,43H,18,20H2/t27-,29+,30+,36+/m0/s1. The minimum atomic E-state index is -1.65. The zero-order valence-corrected chi connectivity index (χ0v) is 25.4. The molecule has 8 rings (SSSR count). The van der Waals surface area contributed by atoms with E-state index in [1.807, 2.05) is 0 Å². The maximum atomic E-state index is 15.2. The summed E-state index contributed by atoms with van der Waals surface area (Å²) in [6, 6.07) is 26.9. The number of hydrogen-bond donors (Lipinski definition) is 1. The number of hydrogen-bond acceptors (Lipinski definition) is 5. The minimum absolute atomic E-state index is 0.0207. The molecule has 3 aliphatic rings. The normalized spacial score (nSPS) is 23.2. The summed E-state index contributed by atoms with van der Waals surface area (Å²) in [7, 11) is 0. The first-order chi connectivity index (χ1) is 22.7. The molecule has 0 spiro atoms. The van der Waals surface area contributed by atoms with Gasteiger partial charge in [-0.1, -0.05) is 84.4 Å². The molecule has 234 valence electrons. The molecule has 2 aliphatic heterocycles. The number of rotatable bonds is 4. The van der Waals surface area contributed by atoms with E-state index in [4.69, 9.17) is 11.6 Å². The Morgan fingerprint density at radius 1 is 0.809 bits per heavy atom. The number of imide groups is 1. The molecule has 4 atom stereocenters. The number of fused-ring (bicyclic) bond motifs is 4. The predicted octanol–water partition coefficient (Wildman–Crippen LogP) is 5.10. The van der Waals surface area contributed by atoms with Gasteiger partial charge in [-0.2, -0.15) is 0 Å². The lowest BCUT2D eigenvalue weighted by Crippen LogP contribution is -2.53. The topological polar surface area (TPSA) is 107 Å². The third-order valence-corrected chi connectivity index (χ3v) is 10.0. The maximum Gasteiger partial charge on any atom is 0.352 e. The van der Waals surface area contributed by atoms with Crippen molar-refractivity contribution in [3.05, 3.63) is 158 Å². The number of aromatic nitrogens is 3. The number of phenols is 1. The molecule has 0 radical (unpaired) electrons. The van der Waals surface area contributed by atoms with Gasteiger partial charge in [0.05, 0.1) is 35.3 Å². The molecule has 1 saturated carbocycles. The fourth-order valence-electron chi connectivity index (χ4n) is 7.91. The number of carbonyl (C=O) groups is 2. The van der Waals surface area contributed by atoms with Crippen LogP contribution in [0, 0.1) is 11.7 Å². The lowest BCUT2D eigenvalue weighted by atomic mass is 9.53. The fourth-order valence-corrected chi connectivity index (χ4v) is 8.10. The van der Waals surface area contributed by atoms with Crippen molar-refractivity contribution < 1.29 is 19.1 Å². The molecule has 0 unspecified atom stereocenters. The Kier molecular flexibility index (Phi) is 6.49. The van der Waals surface area contributed by atoms with Gasteiger partial charge in [0.15, 0.2) is 11.6 Å². The molecule has 47 heavy (non-hydrogen) atoms. The van der Waals surface area contributed by atoms with E-state index in [2.05, 4.69) is 0 Å². The van der Waals surface area contributed by atoms with E-state index in [9.17, 15) is 19.5 Å². The molecular weight excluding hydrogens is 623 g/mol. The van der Waals surface area contributed by atoms with Gasteiger partial charge in [0, 0.05) is 16.5 Å². The lowest BCUT2D eigenvalue weighted by Gasteiger charge is -2.49. The van der Waals surface area contributed by atoms with Gasteiger partial charge in [-0.05, 0) is 54.0 Å². The van der Waals surface area contributed by atoms with Crippen LogP contribution in [0.2, 0.25) is 5.02 Å². The van der Waals surface area contributed by atoms with Gasteiger partial charge in [-0.25, -0.2) is 32.8 Å². The first-order valence-corrected chi connectivity index (χ1v) is 15.5. The Labute approximate surface area is 272 Å². The molecule has 9 nitrogen and oxygen atoms in total. The first-order valence-electron chi connectivity index (χ1n) is 15.1. The van der Waals surface area contributed by atoms with Gasteiger partial charge in [0.1, 0.15) is 0 Å². The number of halogens is 2. The van der Waals surface area contributed by atoms with Crippen molar-refractivity contribution in [3.63, 3.8) is 0 Å². The molecule has 3 heterocycles. The molecule has 1 saturated heterocycles. The highest BCUT2D eigenvalue weighted by atomic mass is 35.5. The van der Waals surface area contributed by atoms with E-state index in [1.165, 1.54) is 27.6 Å². The van der Waals surface area contributed by atoms with E-state index in [1.54, 1.807) is 84.9 Å². The number of allylic oxidation sites excluding steroid dienone is 2. The van der Waals surface area contributed by atoms with Crippen LogP contribution in [0.4, 0.5) is 10.1 Å². The Morgan fingerprint density at radius 2 is 1.49 bits per heavy atom. The van der Waals surface area contributed by atoms with Gasteiger partial charge in [0.2, 0.25) is 11.8 Å².